The standard InChI is InChI=1S/C10H13NO/c1-9(8-12)2-3-10-4-6-11-7-5-10/h4-9H,2-3H2,1H3. The zero-order valence-electron chi connectivity index (χ0n) is 7.23. The molecule has 1 aromatic rings. The van der Waals surface area contributed by atoms with Gasteiger partial charge in [-0.25, -0.2) is 0 Å². The third-order valence-electron chi connectivity index (χ3n) is 1.87. The van der Waals surface area contributed by atoms with Crippen molar-refractivity contribution in [3.8, 4) is 0 Å². The van der Waals surface area contributed by atoms with Gasteiger partial charge in [0.2, 0.25) is 0 Å². The molecule has 0 aliphatic heterocycles. The molecule has 0 spiro atoms. The fourth-order valence-electron chi connectivity index (χ4n) is 1.01. The second-order valence-electron chi connectivity index (χ2n) is 3.01. The van der Waals surface area contributed by atoms with Crippen molar-refractivity contribution in [2.75, 3.05) is 0 Å². The van der Waals surface area contributed by atoms with Crippen LogP contribution in [0.4, 0.5) is 0 Å². The van der Waals surface area contributed by atoms with Crippen LogP contribution in [0, 0.1) is 5.92 Å². The van der Waals surface area contributed by atoms with Crippen molar-refractivity contribution in [2.45, 2.75) is 19.8 Å². The molecular weight excluding hydrogens is 150 g/mol. The molecule has 0 saturated carbocycles. The van der Waals surface area contributed by atoms with E-state index < -0.39 is 0 Å². The van der Waals surface area contributed by atoms with E-state index in [1.165, 1.54) is 5.56 Å². The first kappa shape index (κ1) is 8.91. The van der Waals surface area contributed by atoms with Gasteiger partial charge in [0.05, 0.1) is 0 Å². The maximum atomic E-state index is 10.3. The fourth-order valence-corrected chi connectivity index (χ4v) is 1.01. The number of aldehydes is 1. The average molecular weight is 163 g/mol. The summed E-state index contributed by atoms with van der Waals surface area (Å²) in [5.41, 5.74) is 1.25. The van der Waals surface area contributed by atoms with Crippen LogP contribution in [-0.4, -0.2) is 11.3 Å². The fraction of sp³-hybridized carbons (Fsp3) is 0.400. The molecule has 0 aliphatic rings. The number of aromatic nitrogens is 1. The largest absolute Gasteiger partial charge is 0.303 e. The van der Waals surface area contributed by atoms with Crippen molar-refractivity contribution in [2.24, 2.45) is 5.92 Å². The van der Waals surface area contributed by atoms with Crippen LogP contribution in [0.5, 0.6) is 0 Å². The number of hydrogen-bond acceptors (Lipinski definition) is 2. The molecule has 0 fully saturated rings. The van der Waals surface area contributed by atoms with Crippen LogP contribution in [0.3, 0.4) is 0 Å². The summed E-state index contributed by atoms with van der Waals surface area (Å²) in [5, 5.41) is 0. The van der Waals surface area contributed by atoms with Crippen molar-refractivity contribution in [1.82, 2.24) is 4.98 Å². The SMILES string of the molecule is CC(C=O)CCc1ccncc1. The molecule has 1 heterocycles. The van der Waals surface area contributed by atoms with E-state index in [0.29, 0.717) is 0 Å². The van der Waals surface area contributed by atoms with Crippen molar-refractivity contribution >= 4 is 6.29 Å². The second kappa shape index (κ2) is 4.65. The Morgan fingerprint density at radius 1 is 1.50 bits per heavy atom. The molecule has 0 saturated heterocycles. The van der Waals surface area contributed by atoms with Gasteiger partial charge in [-0.2, -0.15) is 0 Å². The van der Waals surface area contributed by atoms with E-state index >= 15 is 0 Å². The first-order chi connectivity index (χ1) is 5.83. The van der Waals surface area contributed by atoms with Gasteiger partial charge in [0.15, 0.2) is 0 Å². The molecule has 64 valence electrons. The summed E-state index contributed by atoms with van der Waals surface area (Å²) in [6.45, 7) is 1.94. The number of rotatable bonds is 4. The van der Waals surface area contributed by atoms with E-state index in [-0.39, 0.29) is 5.92 Å². The highest BCUT2D eigenvalue weighted by Gasteiger charge is 1.99. The monoisotopic (exact) mass is 163 g/mol. The molecule has 0 aliphatic carbocycles. The molecular formula is C10H13NO. The summed E-state index contributed by atoms with van der Waals surface area (Å²) in [4.78, 5) is 14.2. The number of carbonyl (C=O) groups excluding carboxylic acids is 1. The van der Waals surface area contributed by atoms with Gasteiger partial charge in [0, 0.05) is 18.3 Å². The maximum Gasteiger partial charge on any atom is 0.122 e. The van der Waals surface area contributed by atoms with Crippen LogP contribution >= 0.6 is 0 Å². The molecule has 0 bridgehead atoms. The zero-order chi connectivity index (χ0) is 8.81. The topological polar surface area (TPSA) is 30.0 Å². The predicted octanol–water partition coefficient (Wildman–Crippen LogP) is 1.85. The van der Waals surface area contributed by atoms with Gasteiger partial charge in [-0.1, -0.05) is 6.92 Å². The molecule has 1 unspecified atom stereocenters. The third-order valence-corrected chi connectivity index (χ3v) is 1.87. The molecule has 0 radical (unpaired) electrons. The lowest BCUT2D eigenvalue weighted by molar-refractivity contribution is -0.110. The van der Waals surface area contributed by atoms with Crippen molar-refractivity contribution < 1.29 is 4.79 Å². The molecule has 12 heavy (non-hydrogen) atoms. The van der Waals surface area contributed by atoms with Gasteiger partial charge in [0.25, 0.3) is 0 Å². The van der Waals surface area contributed by atoms with E-state index in [2.05, 4.69) is 4.98 Å². The molecule has 1 aromatic heterocycles. The Morgan fingerprint density at radius 2 is 2.17 bits per heavy atom. The molecule has 0 N–H and O–H groups in total. The summed E-state index contributed by atoms with van der Waals surface area (Å²) < 4.78 is 0. The van der Waals surface area contributed by atoms with Gasteiger partial charge in [-0.3, -0.25) is 4.98 Å². The number of pyridine rings is 1. The van der Waals surface area contributed by atoms with Crippen LogP contribution < -0.4 is 0 Å². The Morgan fingerprint density at radius 3 is 2.75 bits per heavy atom. The van der Waals surface area contributed by atoms with Gasteiger partial charge in [-0.15, -0.1) is 0 Å². The number of carbonyl (C=O) groups is 1. The first-order valence-electron chi connectivity index (χ1n) is 4.17. The van der Waals surface area contributed by atoms with E-state index in [0.717, 1.165) is 19.1 Å². The molecule has 2 heteroatoms. The number of nitrogens with zero attached hydrogens (tertiary/aromatic N) is 1. The second-order valence-corrected chi connectivity index (χ2v) is 3.01. The van der Waals surface area contributed by atoms with Crippen molar-refractivity contribution in [3.63, 3.8) is 0 Å². The Labute approximate surface area is 72.6 Å². The van der Waals surface area contributed by atoms with E-state index in [9.17, 15) is 4.79 Å². The number of aryl methyl sites for hydroxylation is 1. The van der Waals surface area contributed by atoms with E-state index in [1.54, 1.807) is 12.4 Å². The molecule has 0 amide bonds. The maximum absolute atomic E-state index is 10.3. The zero-order valence-corrected chi connectivity index (χ0v) is 7.23. The van der Waals surface area contributed by atoms with Gasteiger partial charge in [0.1, 0.15) is 6.29 Å². The Bertz CT molecular complexity index is 233. The highest BCUT2D eigenvalue weighted by atomic mass is 16.1. The first-order valence-corrected chi connectivity index (χ1v) is 4.17. The summed E-state index contributed by atoms with van der Waals surface area (Å²) >= 11 is 0. The van der Waals surface area contributed by atoms with Crippen LogP contribution in [0.15, 0.2) is 24.5 Å². The minimum Gasteiger partial charge on any atom is -0.303 e. The average Bonchev–Trinajstić information content (AvgIpc) is 2.16. The van der Waals surface area contributed by atoms with Gasteiger partial charge in [-0.05, 0) is 30.5 Å². The van der Waals surface area contributed by atoms with Crippen molar-refractivity contribution in [1.29, 1.82) is 0 Å². The van der Waals surface area contributed by atoms with E-state index in [1.807, 2.05) is 19.1 Å². The van der Waals surface area contributed by atoms with Crippen LogP contribution in [0.1, 0.15) is 18.9 Å². The smallest absolute Gasteiger partial charge is 0.122 e. The quantitative estimate of drug-likeness (QED) is 0.634. The summed E-state index contributed by atoms with van der Waals surface area (Å²) in [6.07, 6.45) is 6.44. The lowest BCUT2D eigenvalue weighted by Gasteiger charge is -2.02. The summed E-state index contributed by atoms with van der Waals surface area (Å²) in [5.74, 6) is 0.165. The highest BCUT2D eigenvalue weighted by Crippen LogP contribution is 2.06. The van der Waals surface area contributed by atoms with Crippen molar-refractivity contribution in [3.05, 3.63) is 30.1 Å². The minimum absolute atomic E-state index is 0.165. The molecule has 2 nitrogen and oxygen atoms in total. The number of hydrogen-bond donors (Lipinski definition) is 0. The van der Waals surface area contributed by atoms with Gasteiger partial charge < -0.3 is 4.79 Å². The lowest BCUT2D eigenvalue weighted by Crippen LogP contribution is -1.97. The Balaban J connectivity index is 2.38. The van der Waals surface area contributed by atoms with Crippen LogP contribution in [0.25, 0.3) is 0 Å². The van der Waals surface area contributed by atoms with Crippen LogP contribution in [-0.2, 0) is 11.2 Å². The van der Waals surface area contributed by atoms with Crippen LogP contribution in [0.2, 0.25) is 0 Å². The van der Waals surface area contributed by atoms with Gasteiger partial charge >= 0.3 is 0 Å². The molecule has 0 aromatic carbocycles. The minimum atomic E-state index is 0.165. The lowest BCUT2D eigenvalue weighted by atomic mass is 10.0. The molecule has 1 rings (SSSR count). The molecule has 1 atom stereocenters. The Kier molecular flexibility index (Phi) is 3.45. The Hall–Kier alpha value is -1.18. The summed E-state index contributed by atoms with van der Waals surface area (Å²) in [6, 6.07) is 3.97. The van der Waals surface area contributed by atoms with E-state index in [4.69, 9.17) is 0 Å². The predicted molar refractivity (Wildman–Crippen MR) is 47.8 cm³/mol. The third kappa shape index (κ3) is 2.82. The summed E-state index contributed by atoms with van der Waals surface area (Å²) in [7, 11) is 0. The normalized spacial score (nSPS) is 12.4. The highest BCUT2D eigenvalue weighted by molar-refractivity contribution is 5.52.